The quantitative estimate of drug-likeness (QED) is 0.813. The number of carbonyl (C=O) groups excluding carboxylic acids is 1. The van der Waals surface area contributed by atoms with E-state index in [9.17, 15) is 9.59 Å². The van der Waals surface area contributed by atoms with Gasteiger partial charge in [-0.3, -0.25) is 14.3 Å². The van der Waals surface area contributed by atoms with E-state index in [2.05, 4.69) is 0 Å². The molecule has 2 aromatic rings. The van der Waals surface area contributed by atoms with Crippen LogP contribution in [0.25, 0.3) is 11.1 Å². The van der Waals surface area contributed by atoms with Gasteiger partial charge in [-0.1, -0.05) is 12.1 Å². The van der Waals surface area contributed by atoms with Gasteiger partial charge in [0.15, 0.2) is 11.4 Å². The van der Waals surface area contributed by atoms with Crippen molar-refractivity contribution >= 4 is 16.9 Å². The molecule has 0 aliphatic carbocycles. The first-order chi connectivity index (χ1) is 9.74. The maximum absolute atomic E-state index is 12.1. The second kappa shape index (κ2) is 5.60. The first-order valence-electron chi connectivity index (χ1n) is 6.64. The van der Waals surface area contributed by atoms with Crippen LogP contribution in [0.3, 0.4) is 0 Å². The highest BCUT2D eigenvalue weighted by molar-refractivity contribution is 5.82. The van der Waals surface area contributed by atoms with E-state index in [1.807, 2.05) is 11.0 Å². The number of oxazole rings is 1. The second-order valence-electron chi connectivity index (χ2n) is 4.85. The van der Waals surface area contributed by atoms with Crippen LogP contribution in [0.2, 0.25) is 0 Å². The molecule has 0 N–H and O–H groups in total. The zero-order valence-corrected chi connectivity index (χ0v) is 11.1. The molecule has 0 spiro atoms. The number of rotatable bonds is 4. The lowest BCUT2D eigenvalue weighted by atomic mass is 10.3. The zero-order chi connectivity index (χ0) is 13.9. The number of Topliss-reactive ketones (excluding diaryl/α,β-unsaturated/α-hetero) is 1. The topological polar surface area (TPSA) is 64.7 Å². The van der Waals surface area contributed by atoms with E-state index >= 15 is 0 Å². The minimum atomic E-state index is -0.485. The summed E-state index contributed by atoms with van der Waals surface area (Å²) < 4.78 is 11.7. The van der Waals surface area contributed by atoms with Crippen molar-refractivity contribution in [2.75, 3.05) is 32.8 Å². The number of carbonyl (C=O) groups is 1. The maximum atomic E-state index is 12.1. The maximum Gasteiger partial charge on any atom is 0.420 e. The van der Waals surface area contributed by atoms with Crippen LogP contribution in [0.15, 0.2) is 33.5 Å². The van der Waals surface area contributed by atoms with Crippen LogP contribution in [0.5, 0.6) is 0 Å². The Hall–Kier alpha value is -1.92. The molecule has 0 saturated carbocycles. The van der Waals surface area contributed by atoms with Crippen LogP contribution < -0.4 is 5.76 Å². The monoisotopic (exact) mass is 276 g/mol. The number of benzene rings is 1. The highest BCUT2D eigenvalue weighted by Gasteiger charge is 2.17. The van der Waals surface area contributed by atoms with Gasteiger partial charge < -0.3 is 9.15 Å². The average Bonchev–Trinajstić information content (AvgIpc) is 2.76. The lowest BCUT2D eigenvalue weighted by Gasteiger charge is -2.25. The number of para-hydroxylation sites is 2. The number of aromatic nitrogens is 1. The molecule has 0 unspecified atom stereocenters. The number of ether oxygens (including phenoxy) is 1. The molecule has 1 aliphatic rings. The van der Waals surface area contributed by atoms with Crippen molar-refractivity contribution in [1.82, 2.24) is 9.47 Å². The molecule has 0 atom stereocenters. The summed E-state index contributed by atoms with van der Waals surface area (Å²) >= 11 is 0. The Labute approximate surface area is 115 Å². The molecule has 6 nitrogen and oxygen atoms in total. The van der Waals surface area contributed by atoms with Crippen molar-refractivity contribution in [3.05, 3.63) is 34.8 Å². The Bertz CT molecular complexity index is 667. The Balaban J connectivity index is 1.74. The van der Waals surface area contributed by atoms with Crippen LogP contribution in [0.4, 0.5) is 0 Å². The molecule has 0 amide bonds. The van der Waals surface area contributed by atoms with E-state index in [1.54, 1.807) is 18.2 Å². The Morgan fingerprint density at radius 2 is 1.90 bits per heavy atom. The second-order valence-corrected chi connectivity index (χ2v) is 4.85. The summed E-state index contributed by atoms with van der Waals surface area (Å²) in [6.45, 7) is 3.21. The number of hydrogen-bond donors (Lipinski definition) is 0. The zero-order valence-electron chi connectivity index (χ0n) is 11.1. The Morgan fingerprint density at radius 3 is 2.70 bits per heavy atom. The third-order valence-corrected chi connectivity index (χ3v) is 3.41. The molecule has 3 rings (SSSR count). The van der Waals surface area contributed by atoms with Gasteiger partial charge >= 0.3 is 5.76 Å². The van der Waals surface area contributed by atoms with Crippen molar-refractivity contribution in [1.29, 1.82) is 0 Å². The van der Waals surface area contributed by atoms with Crippen molar-refractivity contribution in [2.24, 2.45) is 0 Å². The average molecular weight is 276 g/mol. The largest absolute Gasteiger partial charge is 0.420 e. The first kappa shape index (κ1) is 13.1. The minimum Gasteiger partial charge on any atom is -0.408 e. The minimum absolute atomic E-state index is 0.000512. The molecule has 1 aromatic carbocycles. The normalized spacial score (nSPS) is 16.6. The van der Waals surface area contributed by atoms with E-state index in [1.165, 1.54) is 4.57 Å². The van der Waals surface area contributed by atoms with Gasteiger partial charge in [0, 0.05) is 13.1 Å². The molecule has 0 bridgehead atoms. The lowest BCUT2D eigenvalue weighted by molar-refractivity contribution is -0.121. The molecule has 0 radical (unpaired) electrons. The highest BCUT2D eigenvalue weighted by atomic mass is 16.5. The summed E-state index contributed by atoms with van der Waals surface area (Å²) in [5, 5.41) is 0. The summed E-state index contributed by atoms with van der Waals surface area (Å²) in [7, 11) is 0. The standard InChI is InChI=1S/C14H16N2O4/c17-11(9-15-5-7-19-8-6-15)10-16-12-3-1-2-4-13(12)20-14(16)18/h1-4H,5-10H2. The molecule has 2 heterocycles. The third kappa shape index (κ3) is 2.66. The number of hydrogen-bond acceptors (Lipinski definition) is 5. The SMILES string of the molecule is O=C(CN1CCOCC1)Cn1c(=O)oc2ccccc21. The van der Waals surface area contributed by atoms with Crippen LogP contribution in [-0.4, -0.2) is 48.1 Å². The van der Waals surface area contributed by atoms with Gasteiger partial charge in [-0.25, -0.2) is 4.79 Å². The molecule has 1 fully saturated rings. The van der Waals surface area contributed by atoms with Gasteiger partial charge in [-0.05, 0) is 12.1 Å². The van der Waals surface area contributed by atoms with Gasteiger partial charge in [0.2, 0.25) is 0 Å². The molecular weight excluding hydrogens is 260 g/mol. The van der Waals surface area contributed by atoms with E-state index in [0.29, 0.717) is 30.9 Å². The number of nitrogens with zero attached hydrogens (tertiary/aromatic N) is 2. The predicted molar refractivity (Wildman–Crippen MR) is 72.7 cm³/mol. The van der Waals surface area contributed by atoms with Crippen molar-refractivity contribution < 1.29 is 13.9 Å². The lowest BCUT2D eigenvalue weighted by Crippen LogP contribution is -2.40. The fourth-order valence-electron chi connectivity index (χ4n) is 2.40. The Morgan fingerprint density at radius 1 is 1.15 bits per heavy atom. The summed E-state index contributed by atoms with van der Waals surface area (Å²) in [5.41, 5.74) is 1.17. The van der Waals surface area contributed by atoms with Crippen LogP contribution >= 0.6 is 0 Å². The van der Waals surface area contributed by atoms with Gasteiger partial charge in [0.05, 0.1) is 31.8 Å². The number of fused-ring (bicyclic) bond motifs is 1. The molecule has 1 aromatic heterocycles. The smallest absolute Gasteiger partial charge is 0.408 e. The van der Waals surface area contributed by atoms with Crippen molar-refractivity contribution in [2.45, 2.75) is 6.54 Å². The molecule has 1 saturated heterocycles. The van der Waals surface area contributed by atoms with Gasteiger partial charge in [0.1, 0.15) is 0 Å². The van der Waals surface area contributed by atoms with Crippen LogP contribution in [0, 0.1) is 0 Å². The van der Waals surface area contributed by atoms with Crippen LogP contribution in [0.1, 0.15) is 0 Å². The number of morpholine rings is 1. The molecular formula is C14H16N2O4. The van der Waals surface area contributed by atoms with Gasteiger partial charge in [0.25, 0.3) is 0 Å². The van der Waals surface area contributed by atoms with Gasteiger partial charge in [-0.2, -0.15) is 0 Å². The molecule has 1 aliphatic heterocycles. The Kier molecular flexibility index (Phi) is 3.66. The summed E-state index contributed by atoms with van der Waals surface area (Å²) in [6, 6.07) is 7.12. The number of ketones is 1. The summed E-state index contributed by atoms with van der Waals surface area (Å²) in [4.78, 5) is 25.9. The van der Waals surface area contributed by atoms with Crippen molar-refractivity contribution in [3.8, 4) is 0 Å². The molecule has 6 heteroatoms. The first-order valence-corrected chi connectivity index (χ1v) is 6.64. The predicted octanol–water partition coefficient (Wildman–Crippen LogP) is 0.496. The third-order valence-electron chi connectivity index (χ3n) is 3.41. The summed E-state index contributed by atoms with van der Waals surface area (Å²) in [5.74, 6) is -0.484. The van der Waals surface area contributed by atoms with Crippen LogP contribution in [-0.2, 0) is 16.1 Å². The van der Waals surface area contributed by atoms with E-state index in [0.717, 1.165) is 13.1 Å². The van der Waals surface area contributed by atoms with Gasteiger partial charge in [-0.15, -0.1) is 0 Å². The van der Waals surface area contributed by atoms with Crippen molar-refractivity contribution in [3.63, 3.8) is 0 Å². The van der Waals surface area contributed by atoms with E-state index in [4.69, 9.17) is 9.15 Å². The fourth-order valence-corrected chi connectivity index (χ4v) is 2.40. The fraction of sp³-hybridized carbons (Fsp3) is 0.429. The summed E-state index contributed by atoms with van der Waals surface area (Å²) in [6.07, 6.45) is 0. The highest BCUT2D eigenvalue weighted by Crippen LogP contribution is 2.11. The van der Waals surface area contributed by atoms with E-state index < -0.39 is 5.76 Å². The molecule has 20 heavy (non-hydrogen) atoms. The molecule has 106 valence electrons. The van der Waals surface area contributed by atoms with E-state index in [-0.39, 0.29) is 12.3 Å².